The fourth-order valence-corrected chi connectivity index (χ4v) is 3.19. The van der Waals surface area contributed by atoms with Crippen LogP contribution in [-0.2, 0) is 6.54 Å². The first-order valence-corrected chi connectivity index (χ1v) is 8.00. The third-order valence-electron chi connectivity index (χ3n) is 4.37. The molecule has 0 spiro atoms. The lowest BCUT2D eigenvalue weighted by Gasteiger charge is -2.16. The van der Waals surface area contributed by atoms with Gasteiger partial charge in [-0.2, -0.15) is 0 Å². The summed E-state index contributed by atoms with van der Waals surface area (Å²) < 4.78 is 2.22. The second-order valence-electron chi connectivity index (χ2n) is 5.98. The maximum Gasteiger partial charge on any atom is 0.140 e. The Morgan fingerprint density at radius 3 is 2.91 bits per heavy atom. The van der Waals surface area contributed by atoms with E-state index in [9.17, 15) is 0 Å². The van der Waals surface area contributed by atoms with Crippen molar-refractivity contribution in [3.8, 4) is 0 Å². The van der Waals surface area contributed by atoms with Gasteiger partial charge in [-0.15, -0.1) is 10.2 Å². The molecule has 0 fully saturated rings. The standard InChI is InChI=1S/C19H23N3/c1-4-22-15(3)20-21-19(22)18-10-6-9-17(18)12-11-16-8-5-7-14(2)13-16/h5-8,10-13,17-18H,4,9H2,1-3H3/b12-11+. The molecule has 3 rings (SSSR count). The molecule has 1 aromatic carbocycles. The number of hydrogen-bond acceptors (Lipinski definition) is 2. The van der Waals surface area contributed by atoms with E-state index in [-0.39, 0.29) is 0 Å². The van der Waals surface area contributed by atoms with Crippen molar-refractivity contribution in [1.29, 1.82) is 0 Å². The maximum atomic E-state index is 4.42. The zero-order chi connectivity index (χ0) is 15.5. The van der Waals surface area contributed by atoms with E-state index in [0.29, 0.717) is 11.8 Å². The summed E-state index contributed by atoms with van der Waals surface area (Å²) >= 11 is 0. The summed E-state index contributed by atoms with van der Waals surface area (Å²) in [5.41, 5.74) is 2.56. The molecule has 3 nitrogen and oxygen atoms in total. The van der Waals surface area contributed by atoms with E-state index in [1.165, 1.54) is 11.1 Å². The van der Waals surface area contributed by atoms with Crippen LogP contribution in [0.2, 0.25) is 0 Å². The van der Waals surface area contributed by atoms with Crippen molar-refractivity contribution in [3.63, 3.8) is 0 Å². The van der Waals surface area contributed by atoms with Gasteiger partial charge in [0.15, 0.2) is 0 Å². The SMILES string of the molecule is CCn1c(C)nnc1C1C=CCC1/C=C/c1cccc(C)c1. The van der Waals surface area contributed by atoms with Gasteiger partial charge in [-0.25, -0.2) is 0 Å². The average Bonchev–Trinajstić information content (AvgIpc) is 3.11. The third kappa shape index (κ3) is 2.89. The molecule has 0 amide bonds. The highest BCUT2D eigenvalue weighted by atomic mass is 15.3. The van der Waals surface area contributed by atoms with Gasteiger partial charge in [0.1, 0.15) is 11.6 Å². The van der Waals surface area contributed by atoms with Crippen molar-refractivity contribution in [2.45, 2.75) is 39.7 Å². The number of rotatable bonds is 4. The smallest absolute Gasteiger partial charge is 0.140 e. The summed E-state index contributed by atoms with van der Waals surface area (Å²) in [6.07, 6.45) is 10.2. The van der Waals surface area contributed by atoms with Crippen molar-refractivity contribution in [2.24, 2.45) is 5.92 Å². The molecule has 3 heteroatoms. The Balaban J connectivity index is 1.82. The molecule has 2 aromatic rings. The van der Waals surface area contributed by atoms with E-state index in [1.807, 2.05) is 6.92 Å². The molecule has 2 atom stereocenters. The molecule has 114 valence electrons. The number of nitrogens with zero attached hydrogens (tertiary/aromatic N) is 3. The van der Waals surface area contributed by atoms with Gasteiger partial charge in [-0.1, -0.05) is 54.1 Å². The van der Waals surface area contributed by atoms with Crippen molar-refractivity contribution >= 4 is 6.08 Å². The van der Waals surface area contributed by atoms with Crippen LogP contribution in [0.1, 0.15) is 42.0 Å². The number of hydrogen-bond donors (Lipinski definition) is 0. The number of benzene rings is 1. The van der Waals surface area contributed by atoms with Crippen LogP contribution in [0.15, 0.2) is 42.5 Å². The molecular formula is C19H23N3. The normalized spacial score (nSPS) is 21.0. The second kappa shape index (κ2) is 6.30. The minimum atomic E-state index is 0.335. The summed E-state index contributed by atoms with van der Waals surface area (Å²) in [4.78, 5) is 0. The van der Waals surface area contributed by atoms with Gasteiger partial charge in [0.25, 0.3) is 0 Å². The van der Waals surface area contributed by atoms with Crippen molar-refractivity contribution in [3.05, 3.63) is 65.3 Å². The lowest BCUT2D eigenvalue weighted by molar-refractivity contribution is 0.559. The highest BCUT2D eigenvalue weighted by Gasteiger charge is 2.27. The van der Waals surface area contributed by atoms with E-state index in [2.05, 4.69) is 77.2 Å². The lowest BCUT2D eigenvalue weighted by Crippen LogP contribution is -2.12. The van der Waals surface area contributed by atoms with Crippen LogP contribution in [0.5, 0.6) is 0 Å². The summed E-state index contributed by atoms with van der Waals surface area (Å²) in [5.74, 6) is 2.89. The van der Waals surface area contributed by atoms with Crippen LogP contribution in [0.4, 0.5) is 0 Å². The predicted molar refractivity (Wildman–Crippen MR) is 90.6 cm³/mol. The number of aryl methyl sites for hydroxylation is 2. The van der Waals surface area contributed by atoms with E-state index < -0.39 is 0 Å². The first-order valence-electron chi connectivity index (χ1n) is 8.00. The molecule has 0 saturated heterocycles. The second-order valence-corrected chi connectivity index (χ2v) is 5.98. The van der Waals surface area contributed by atoms with E-state index in [1.54, 1.807) is 0 Å². The van der Waals surface area contributed by atoms with Crippen LogP contribution in [0.3, 0.4) is 0 Å². The van der Waals surface area contributed by atoms with Gasteiger partial charge in [0, 0.05) is 12.5 Å². The molecule has 0 bridgehead atoms. The van der Waals surface area contributed by atoms with Gasteiger partial charge < -0.3 is 4.57 Å². The molecule has 2 unspecified atom stereocenters. The van der Waals surface area contributed by atoms with E-state index in [4.69, 9.17) is 0 Å². The third-order valence-corrected chi connectivity index (χ3v) is 4.37. The van der Waals surface area contributed by atoms with Crippen LogP contribution < -0.4 is 0 Å². The van der Waals surface area contributed by atoms with Gasteiger partial charge in [0.05, 0.1) is 0 Å². The van der Waals surface area contributed by atoms with E-state index >= 15 is 0 Å². The summed E-state index contributed by atoms with van der Waals surface area (Å²) in [5, 5.41) is 8.67. The van der Waals surface area contributed by atoms with E-state index in [0.717, 1.165) is 24.6 Å². The molecular weight excluding hydrogens is 270 g/mol. The fraction of sp³-hybridized carbons (Fsp3) is 0.368. The van der Waals surface area contributed by atoms with Crippen LogP contribution in [0.25, 0.3) is 6.08 Å². The number of allylic oxidation sites excluding steroid dienone is 3. The minimum Gasteiger partial charge on any atom is -0.315 e. The minimum absolute atomic E-state index is 0.335. The van der Waals surface area contributed by atoms with Gasteiger partial charge in [-0.05, 0) is 38.7 Å². The molecule has 0 saturated carbocycles. The molecule has 0 radical (unpaired) electrons. The van der Waals surface area contributed by atoms with Gasteiger partial charge >= 0.3 is 0 Å². The molecule has 0 N–H and O–H groups in total. The summed E-state index contributed by atoms with van der Waals surface area (Å²) in [6, 6.07) is 8.60. The maximum absolute atomic E-state index is 4.42. The first kappa shape index (κ1) is 14.8. The highest BCUT2D eigenvalue weighted by molar-refractivity contribution is 5.51. The van der Waals surface area contributed by atoms with Crippen LogP contribution in [-0.4, -0.2) is 14.8 Å². The lowest BCUT2D eigenvalue weighted by atomic mass is 9.93. The molecule has 22 heavy (non-hydrogen) atoms. The fourth-order valence-electron chi connectivity index (χ4n) is 3.19. The summed E-state index contributed by atoms with van der Waals surface area (Å²) in [6.45, 7) is 7.23. The topological polar surface area (TPSA) is 30.7 Å². The molecule has 1 aliphatic carbocycles. The Labute approximate surface area is 132 Å². The highest BCUT2D eigenvalue weighted by Crippen LogP contribution is 2.35. The van der Waals surface area contributed by atoms with Gasteiger partial charge in [-0.3, -0.25) is 0 Å². The monoisotopic (exact) mass is 293 g/mol. The van der Waals surface area contributed by atoms with Crippen molar-refractivity contribution in [1.82, 2.24) is 14.8 Å². The largest absolute Gasteiger partial charge is 0.315 e. The average molecular weight is 293 g/mol. The quantitative estimate of drug-likeness (QED) is 0.787. The Kier molecular flexibility index (Phi) is 4.23. The van der Waals surface area contributed by atoms with Crippen LogP contribution >= 0.6 is 0 Å². The molecule has 1 aliphatic rings. The molecule has 0 aliphatic heterocycles. The first-order chi connectivity index (χ1) is 10.7. The molecule has 1 aromatic heterocycles. The van der Waals surface area contributed by atoms with Crippen molar-refractivity contribution in [2.75, 3.05) is 0 Å². The number of aromatic nitrogens is 3. The zero-order valence-corrected chi connectivity index (χ0v) is 13.5. The Morgan fingerprint density at radius 1 is 1.27 bits per heavy atom. The Morgan fingerprint density at radius 2 is 2.14 bits per heavy atom. The summed E-state index contributed by atoms with van der Waals surface area (Å²) in [7, 11) is 0. The Bertz CT molecular complexity index is 709. The van der Waals surface area contributed by atoms with Gasteiger partial charge in [0.2, 0.25) is 0 Å². The predicted octanol–water partition coefficient (Wildman–Crippen LogP) is 4.29. The zero-order valence-electron chi connectivity index (χ0n) is 13.5. The van der Waals surface area contributed by atoms with Crippen LogP contribution in [0, 0.1) is 19.8 Å². The molecule has 1 heterocycles. The Hall–Kier alpha value is -2.16. The van der Waals surface area contributed by atoms with Crippen molar-refractivity contribution < 1.29 is 0 Å².